The van der Waals surface area contributed by atoms with E-state index >= 15 is 0 Å². The molecule has 14 heavy (non-hydrogen) atoms. The molecule has 1 aliphatic heterocycles. The van der Waals surface area contributed by atoms with Crippen LogP contribution in [0.4, 0.5) is 0 Å². The number of ether oxygens (including phenoxy) is 2. The molecule has 1 fully saturated rings. The van der Waals surface area contributed by atoms with Crippen LogP contribution in [0.2, 0.25) is 0 Å². The smallest absolute Gasteiger partial charge is 0.160 e. The Morgan fingerprint density at radius 3 is 2.71 bits per heavy atom. The molecule has 0 aliphatic carbocycles. The first-order valence-electron chi connectivity index (χ1n) is 4.54. The van der Waals surface area contributed by atoms with Gasteiger partial charge in [0, 0.05) is 12.2 Å². The van der Waals surface area contributed by atoms with Crippen molar-refractivity contribution in [3.63, 3.8) is 0 Å². The fourth-order valence-corrected chi connectivity index (χ4v) is 1.46. The van der Waals surface area contributed by atoms with Gasteiger partial charge in [-0.3, -0.25) is 0 Å². The highest BCUT2D eigenvalue weighted by Crippen LogP contribution is 2.20. The lowest BCUT2D eigenvalue weighted by Gasteiger charge is -2.35. The third-order valence-electron chi connectivity index (χ3n) is 2.11. The number of hydrogen-bond acceptors (Lipinski definition) is 6. The molecule has 0 aromatic carbocycles. The summed E-state index contributed by atoms with van der Waals surface area (Å²) in [5.74, 6) is 0.558. The molecule has 0 radical (unpaired) electrons. The second kappa shape index (κ2) is 5.89. The monoisotopic (exact) mass is 224 g/mol. The average Bonchev–Trinajstić information content (AvgIpc) is 2.19. The van der Waals surface area contributed by atoms with Crippen LogP contribution in [-0.2, 0) is 9.47 Å². The second-order valence-corrected chi connectivity index (χ2v) is 3.62. The predicted octanol–water partition coefficient (Wildman–Crippen LogP) is -1.24. The molecule has 4 atom stereocenters. The highest BCUT2D eigenvalue weighted by molar-refractivity contribution is 7.80. The Morgan fingerprint density at radius 2 is 2.14 bits per heavy atom. The van der Waals surface area contributed by atoms with Gasteiger partial charge in [0.05, 0.1) is 19.3 Å². The molecular weight excluding hydrogens is 208 g/mol. The van der Waals surface area contributed by atoms with Gasteiger partial charge in [-0.15, -0.1) is 0 Å². The third-order valence-corrected chi connectivity index (χ3v) is 2.29. The maximum absolute atomic E-state index is 9.41. The Labute approximate surface area is 88.1 Å². The highest BCUT2D eigenvalue weighted by atomic mass is 32.1. The van der Waals surface area contributed by atoms with Crippen molar-refractivity contribution in [2.45, 2.75) is 31.0 Å². The molecule has 1 saturated heterocycles. The Kier molecular flexibility index (Phi) is 5.14. The first-order chi connectivity index (χ1) is 6.69. The van der Waals surface area contributed by atoms with E-state index in [1.54, 1.807) is 0 Å². The van der Waals surface area contributed by atoms with Gasteiger partial charge in [-0.2, -0.15) is 12.6 Å². The van der Waals surface area contributed by atoms with Crippen LogP contribution in [0.3, 0.4) is 0 Å². The number of rotatable bonds is 4. The van der Waals surface area contributed by atoms with Gasteiger partial charge >= 0.3 is 0 Å². The largest absolute Gasteiger partial charge is 0.394 e. The van der Waals surface area contributed by atoms with Gasteiger partial charge in [-0.1, -0.05) is 0 Å². The normalized spacial score (nSPS) is 38.6. The van der Waals surface area contributed by atoms with E-state index in [1.165, 1.54) is 0 Å². The van der Waals surface area contributed by atoms with Crippen LogP contribution in [0.15, 0.2) is 0 Å². The summed E-state index contributed by atoms with van der Waals surface area (Å²) in [6, 6.07) is 0. The van der Waals surface area contributed by atoms with Crippen molar-refractivity contribution in [3.8, 4) is 0 Å². The fraction of sp³-hybridized carbons (Fsp3) is 1.00. The minimum absolute atomic E-state index is 0.214. The van der Waals surface area contributed by atoms with Crippen LogP contribution in [0.25, 0.3) is 0 Å². The summed E-state index contributed by atoms with van der Waals surface area (Å²) >= 11 is 3.96. The molecule has 1 heterocycles. The minimum Gasteiger partial charge on any atom is -0.394 e. The first-order valence-corrected chi connectivity index (χ1v) is 5.17. The Morgan fingerprint density at radius 1 is 1.43 bits per heavy atom. The summed E-state index contributed by atoms with van der Waals surface area (Å²) in [6.07, 6.45) is -3.09. The van der Waals surface area contributed by atoms with E-state index in [1.807, 2.05) is 0 Å². The molecule has 0 spiro atoms. The molecule has 0 bridgehead atoms. The fourth-order valence-electron chi connectivity index (χ4n) is 1.36. The van der Waals surface area contributed by atoms with E-state index in [9.17, 15) is 10.2 Å². The molecule has 1 rings (SSSR count). The Hall–Kier alpha value is 0.150. The molecule has 6 heteroatoms. The summed E-state index contributed by atoms with van der Waals surface area (Å²) in [6.45, 7) is 0.0771. The summed E-state index contributed by atoms with van der Waals surface area (Å²) in [5.41, 5.74) is 0. The van der Waals surface area contributed by atoms with E-state index in [4.69, 9.17) is 14.6 Å². The Bertz CT molecular complexity index is 168. The van der Waals surface area contributed by atoms with Crippen molar-refractivity contribution in [2.24, 2.45) is 0 Å². The van der Waals surface area contributed by atoms with Gasteiger partial charge in [-0.25, -0.2) is 0 Å². The molecule has 1 aliphatic rings. The highest BCUT2D eigenvalue weighted by Gasteiger charge is 2.36. The molecule has 3 N–H and O–H groups in total. The predicted molar refractivity (Wildman–Crippen MR) is 52.2 cm³/mol. The number of hydrogen-bond donors (Lipinski definition) is 4. The van der Waals surface area contributed by atoms with Crippen LogP contribution < -0.4 is 0 Å². The van der Waals surface area contributed by atoms with Gasteiger partial charge in [0.25, 0.3) is 0 Å². The maximum atomic E-state index is 9.41. The third kappa shape index (κ3) is 3.08. The van der Waals surface area contributed by atoms with Gasteiger partial charge in [0.15, 0.2) is 6.29 Å². The van der Waals surface area contributed by atoms with Crippen molar-refractivity contribution in [3.05, 3.63) is 0 Å². The molecule has 0 aromatic heterocycles. The maximum Gasteiger partial charge on any atom is 0.160 e. The van der Waals surface area contributed by atoms with E-state index < -0.39 is 24.6 Å². The van der Waals surface area contributed by atoms with E-state index in [0.29, 0.717) is 12.4 Å². The van der Waals surface area contributed by atoms with Crippen molar-refractivity contribution in [1.82, 2.24) is 0 Å². The Balaban J connectivity index is 2.41. The molecule has 5 nitrogen and oxygen atoms in total. The van der Waals surface area contributed by atoms with E-state index in [2.05, 4.69) is 12.6 Å². The van der Waals surface area contributed by atoms with Crippen LogP contribution in [0.1, 0.15) is 6.42 Å². The zero-order valence-electron chi connectivity index (χ0n) is 7.74. The van der Waals surface area contributed by atoms with Crippen LogP contribution >= 0.6 is 12.6 Å². The zero-order valence-corrected chi connectivity index (χ0v) is 8.64. The topological polar surface area (TPSA) is 79.2 Å². The lowest BCUT2D eigenvalue weighted by Crippen LogP contribution is -2.50. The SMILES string of the molecule is OC[C@H]1OC(OCCS)CC(O)C1O. The zero-order chi connectivity index (χ0) is 10.6. The quantitative estimate of drug-likeness (QED) is 0.449. The van der Waals surface area contributed by atoms with E-state index in [0.717, 1.165) is 0 Å². The van der Waals surface area contributed by atoms with Crippen molar-refractivity contribution >= 4 is 12.6 Å². The number of aliphatic hydroxyl groups is 3. The standard InChI is InChI=1S/C8H16O5S/c9-4-6-8(11)5(10)3-7(13-6)12-1-2-14/h5-11,14H,1-4H2/t5?,6-,7?,8?/m1/s1. The van der Waals surface area contributed by atoms with Crippen LogP contribution in [-0.4, -0.2) is 58.9 Å². The van der Waals surface area contributed by atoms with E-state index in [-0.39, 0.29) is 13.0 Å². The van der Waals surface area contributed by atoms with Crippen LogP contribution in [0, 0.1) is 0 Å². The summed E-state index contributed by atoms with van der Waals surface area (Å²) in [5, 5.41) is 27.6. The molecule has 3 unspecified atom stereocenters. The first kappa shape index (κ1) is 12.2. The van der Waals surface area contributed by atoms with Crippen LogP contribution in [0.5, 0.6) is 0 Å². The molecule has 0 aromatic rings. The lowest BCUT2D eigenvalue weighted by molar-refractivity contribution is -0.255. The molecule has 0 amide bonds. The van der Waals surface area contributed by atoms with Gasteiger partial charge in [0.2, 0.25) is 0 Å². The lowest BCUT2D eigenvalue weighted by atomic mass is 10.0. The van der Waals surface area contributed by atoms with Gasteiger partial charge in [0.1, 0.15) is 12.2 Å². The second-order valence-electron chi connectivity index (χ2n) is 3.17. The minimum atomic E-state index is -1.05. The molecular formula is C8H16O5S. The van der Waals surface area contributed by atoms with Gasteiger partial charge < -0.3 is 24.8 Å². The molecule has 84 valence electrons. The number of thiol groups is 1. The summed E-state index contributed by atoms with van der Waals surface area (Å²) in [4.78, 5) is 0. The summed E-state index contributed by atoms with van der Waals surface area (Å²) < 4.78 is 10.4. The van der Waals surface area contributed by atoms with Crippen molar-refractivity contribution in [2.75, 3.05) is 19.0 Å². The van der Waals surface area contributed by atoms with Crippen molar-refractivity contribution < 1.29 is 24.8 Å². The summed E-state index contributed by atoms with van der Waals surface area (Å²) in [7, 11) is 0. The molecule has 0 saturated carbocycles. The average molecular weight is 224 g/mol. The van der Waals surface area contributed by atoms with Gasteiger partial charge in [-0.05, 0) is 0 Å². The van der Waals surface area contributed by atoms with Crippen molar-refractivity contribution in [1.29, 1.82) is 0 Å². The number of aliphatic hydroxyl groups excluding tert-OH is 3.